The second-order valence-electron chi connectivity index (χ2n) is 7.56. The number of hydrogen-bond acceptors (Lipinski definition) is 7. The molecular weight excluding hydrogens is 454 g/mol. The standard InChI is InChI=1S/C21H25N3O6S2/c1-12-7-8-14(9-13(12)2)32(28,29)23-10-18(26)30-11-17(25)24-21-19(20(22)27)15-5-3-4-6-16(15)31-21/h7-9,23H,3-6,10-11H2,1-2H3,(H2,22,27)(H,24,25). The molecule has 0 aliphatic heterocycles. The minimum atomic E-state index is -3.90. The molecule has 0 spiro atoms. The Morgan fingerprint density at radius 1 is 1.12 bits per heavy atom. The molecule has 172 valence electrons. The van der Waals surface area contributed by atoms with Crippen molar-refractivity contribution in [3.8, 4) is 0 Å². The summed E-state index contributed by atoms with van der Waals surface area (Å²) in [6.07, 6.45) is 3.52. The molecule has 0 radical (unpaired) electrons. The maximum atomic E-state index is 12.3. The number of amides is 2. The van der Waals surface area contributed by atoms with Crippen molar-refractivity contribution >= 4 is 44.1 Å². The highest BCUT2D eigenvalue weighted by atomic mass is 32.2. The van der Waals surface area contributed by atoms with E-state index in [0.29, 0.717) is 10.6 Å². The van der Waals surface area contributed by atoms with Gasteiger partial charge in [0.1, 0.15) is 11.5 Å². The first-order valence-electron chi connectivity index (χ1n) is 10.0. The van der Waals surface area contributed by atoms with Gasteiger partial charge in [-0.25, -0.2) is 8.42 Å². The molecule has 0 atom stereocenters. The first-order valence-corrected chi connectivity index (χ1v) is 12.3. The number of nitrogens with one attached hydrogen (secondary N) is 2. The van der Waals surface area contributed by atoms with Crippen LogP contribution in [0.2, 0.25) is 0 Å². The average molecular weight is 480 g/mol. The Kier molecular flexibility index (Phi) is 7.32. The molecule has 0 bridgehead atoms. The van der Waals surface area contributed by atoms with Gasteiger partial charge in [-0.2, -0.15) is 4.72 Å². The van der Waals surface area contributed by atoms with Crippen molar-refractivity contribution in [1.82, 2.24) is 4.72 Å². The zero-order valence-electron chi connectivity index (χ0n) is 17.8. The Labute approximate surface area is 190 Å². The van der Waals surface area contributed by atoms with Crippen LogP contribution in [0.1, 0.15) is 44.8 Å². The third-order valence-electron chi connectivity index (χ3n) is 5.23. The molecule has 0 fully saturated rings. The molecule has 32 heavy (non-hydrogen) atoms. The quantitative estimate of drug-likeness (QED) is 0.493. The van der Waals surface area contributed by atoms with Crippen LogP contribution in [-0.2, 0) is 37.2 Å². The monoisotopic (exact) mass is 479 g/mol. The number of primary amides is 1. The summed E-state index contributed by atoms with van der Waals surface area (Å²) in [4.78, 5) is 37.1. The lowest BCUT2D eigenvalue weighted by Gasteiger charge is -2.11. The molecule has 0 saturated carbocycles. The first-order chi connectivity index (χ1) is 15.1. The van der Waals surface area contributed by atoms with E-state index in [0.717, 1.165) is 47.3 Å². The molecule has 2 amide bonds. The second kappa shape index (κ2) is 9.80. The number of benzene rings is 1. The zero-order chi connectivity index (χ0) is 23.5. The van der Waals surface area contributed by atoms with Crippen molar-refractivity contribution in [2.24, 2.45) is 5.73 Å². The number of fused-ring (bicyclic) bond motifs is 1. The summed E-state index contributed by atoms with van der Waals surface area (Å²) >= 11 is 1.30. The van der Waals surface area contributed by atoms with E-state index in [1.807, 2.05) is 6.92 Å². The van der Waals surface area contributed by atoms with Gasteiger partial charge >= 0.3 is 5.97 Å². The topological polar surface area (TPSA) is 145 Å². The van der Waals surface area contributed by atoms with Crippen molar-refractivity contribution < 1.29 is 27.5 Å². The normalized spacial score (nSPS) is 13.3. The van der Waals surface area contributed by atoms with Gasteiger partial charge in [0.2, 0.25) is 10.0 Å². The lowest BCUT2D eigenvalue weighted by atomic mass is 9.95. The van der Waals surface area contributed by atoms with Gasteiger partial charge in [0.15, 0.2) is 6.61 Å². The van der Waals surface area contributed by atoms with Crippen LogP contribution in [0.15, 0.2) is 23.1 Å². The summed E-state index contributed by atoms with van der Waals surface area (Å²) in [6.45, 7) is 2.40. The fourth-order valence-corrected chi connectivity index (χ4v) is 5.76. The van der Waals surface area contributed by atoms with Gasteiger partial charge in [-0.3, -0.25) is 14.4 Å². The number of aryl methyl sites for hydroxylation is 3. The molecule has 1 aliphatic carbocycles. The first kappa shape index (κ1) is 23.9. The van der Waals surface area contributed by atoms with Crippen molar-refractivity contribution in [3.63, 3.8) is 0 Å². The van der Waals surface area contributed by atoms with E-state index in [1.54, 1.807) is 13.0 Å². The summed E-state index contributed by atoms with van der Waals surface area (Å²) < 4.78 is 31.7. The highest BCUT2D eigenvalue weighted by molar-refractivity contribution is 7.89. The van der Waals surface area contributed by atoms with E-state index in [4.69, 9.17) is 10.5 Å². The third kappa shape index (κ3) is 5.53. The maximum absolute atomic E-state index is 12.3. The van der Waals surface area contributed by atoms with Crippen LogP contribution in [0.5, 0.6) is 0 Å². The Bertz CT molecular complexity index is 1170. The van der Waals surface area contributed by atoms with E-state index >= 15 is 0 Å². The molecule has 9 nitrogen and oxygen atoms in total. The van der Waals surface area contributed by atoms with Gasteiger partial charge in [-0.1, -0.05) is 6.07 Å². The molecule has 4 N–H and O–H groups in total. The van der Waals surface area contributed by atoms with Gasteiger partial charge in [0.25, 0.3) is 11.8 Å². The van der Waals surface area contributed by atoms with E-state index < -0.39 is 41.0 Å². The smallest absolute Gasteiger partial charge is 0.321 e. The Hall–Kier alpha value is -2.76. The van der Waals surface area contributed by atoms with Crippen molar-refractivity contribution in [3.05, 3.63) is 45.3 Å². The van der Waals surface area contributed by atoms with Gasteiger partial charge in [0.05, 0.1) is 10.5 Å². The van der Waals surface area contributed by atoms with Crippen LogP contribution >= 0.6 is 11.3 Å². The molecule has 3 rings (SSSR count). The SMILES string of the molecule is Cc1ccc(S(=O)(=O)NCC(=O)OCC(=O)Nc2sc3c(c2C(N)=O)CCCC3)cc1C. The number of carbonyl (C=O) groups is 3. The average Bonchev–Trinajstić information content (AvgIpc) is 3.10. The zero-order valence-corrected chi connectivity index (χ0v) is 19.5. The van der Waals surface area contributed by atoms with E-state index in [2.05, 4.69) is 10.0 Å². The molecule has 0 unspecified atom stereocenters. The lowest BCUT2D eigenvalue weighted by molar-refractivity contribution is -0.146. The van der Waals surface area contributed by atoms with E-state index in [-0.39, 0.29) is 4.90 Å². The van der Waals surface area contributed by atoms with Gasteiger partial charge in [-0.05, 0) is 68.4 Å². The number of ether oxygens (including phenoxy) is 1. The number of carbonyl (C=O) groups excluding carboxylic acids is 3. The van der Waals surface area contributed by atoms with Gasteiger partial charge in [-0.15, -0.1) is 11.3 Å². The molecule has 11 heteroatoms. The lowest BCUT2D eigenvalue weighted by Crippen LogP contribution is -2.32. The number of thiophene rings is 1. The van der Waals surface area contributed by atoms with Crippen LogP contribution in [0.3, 0.4) is 0 Å². The van der Waals surface area contributed by atoms with Crippen LogP contribution < -0.4 is 15.8 Å². The van der Waals surface area contributed by atoms with Crippen LogP contribution in [0.4, 0.5) is 5.00 Å². The van der Waals surface area contributed by atoms with Crippen molar-refractivity contribution in [2.45, 2.75) is 44.4 Å². The number of anilines is 1. The number of esters is 1. The highest BCUT2D eigenvalue weighted by Crippen LogP contribution is 2.37. The summed E-state index contributed by atoms with van der Waals surface area (Å²) in [5.74, 6) is -2.16. The fraction of sp³-hybridized carbons (Fsp3) is 0.381. The summed E-state index contributed by atoms with van der Waals surface area (Å²) in [6, 6.07) is 4.63. The predicted octanol–water partition coefficient (Wildman–Crippen LogP) is 1.80. The van der Waals surface area contributed by atoms with E-state index in [1.165, 1.54) is 23.5 Å². The number of rotatable bonds is 8. The molecule has 1 aliphatic rings. The molecule has 1 aromatic carbocycles. The van der Waals surface area contributed by atoms with Crippen molar-refractivity contribution in [1.29, 1.82) is 0 Å². The third-order valence-corrected chi connectivity index (χ3v) is 7.84. The molecule has 1 heterocycles. The fourth-order valence-electron chi connectivity index (χ4n) is 3.39. The summed E-state index contributed by atoms with van der Waals surface area (Å²) in [5, 5.41) is 2.93. The Morgan fingerprint density at radius 2 is 1.84 bits per heavy atom. The minimum Gasteiger partial charge on any atom is -0.455 e. The minimum absolute atomic E-state index is 0.0341. The summed E-state index contributed by atoms with van der Waals surface area (Å²) in [5.41, 5.74) is 8.43. The highest BCUT2D eigenvalue weighted by Gasteiger charge is 2.25. The number of sulfonamides is 1. The van der Waals surface area contributed by atoms with Crippen LogP contribution in [0.25, 0.3) is 0 Å². The number of nitrogens with two attached hydrogens (primary N) is 1. The molecule has 0 saturated heterocycles. The van der Waals surface area contributed by atoms with Crippen LogP contribution in [-0.4, -0.2) is 39.4 Å². The number of hydrogen-bond donors (Lipinski definition) is 3. The van der Waals surface area contributed by atoms with Gasteiger partial charge in [0, 0.05) is 4.88 Å². The van der Waals surface area contributed by atoms with E-state index in [9.17, 15) is 22.8 Å². The molecular formula is C21H25N3O6S2. The molecule has 1 aromatic heterocycles. The molecule has 2 aromatic rings. The van der Waals surface area contributed by atoms with Crippen LogP contribution in [0, 0.1) is 13.8 Å². The van der Waals surface area contributed by atoms with Gasteiger partial charge < -0.3 is 15.8 Å². The predicted molar refractivity (Wildman–Crippen MR) is 120 cm³/mol. The maximum Gasteiger partial charge on any atom is 0.321 e. The van der Waals surface area contributed by atoms with Crippen molar-refractivity contribution in [2.75, 3.05) is 18.5 Å². The Balaban J connectivity index is 1.54. The Morgan fingerprint density at radius 3 is 2.53 bits per heavy atom. The largest absolute Gasteiger partial charge is 0.455 e. The second-order valence-corrected chi connectivity index (χ2v) is 10.4. The summed E-state index contributed by atoms with van der Waals surface area (Å²) in [7, 11) is -3.90.